The molecule has 2 aliphatic rings. The third-order valence-corrected chi connectivity index (χ3v) is 6.28. The Labute approximate surface area is 152 Å². The summed E-state index contributed by atoms with van der Waals surface area (Å²) < 4.78 is 11.8. The lowest BCUT2D eigenvalue weighted by atomic mass is 9.71. The summed E-state index contributed by atoms with van der Waals surface area (Å²) in [6.45, 7) is 6.50. The van der Waals surface area contributed by atoms with E-state index in [1.165, 1.54) is 24.8 Å². The fraction of sp³-hybridized carbons (Fsp3) is 0.571. The molecule has 136 valence electrons. The number of ether oxygens (including phenoxy) is 1. The first-order valence-corrected chi connectivity index (χ1v) is 12.8. The molecule has 0 aromatic heterocycles. The van der Waals surface area contributed by atoms with E-state index in [0.29, 0.717) is 11.5 Å². The lowest BCUT2D eigenvalue weighted by Gasteiger charge is -2.42. The van der Waals surface area contributed by atoms with Gasteiger partial charge < -0.3 is 9.16 Å². The second kappa shape index (κ2) is 7.08. The van der Waals surface area contributed by atoms with Gasteiger partial charge in [0.1, 0.15) is 11.4 Å². The highest BCUT2D eigenvalue weighted by atomic mass is 28.4. The van der Waals surface area contributed by atoms with Crippen molar-refractivity contribution in [1.82, 2.24) is 0 Å². The molecule has 0 spiro atoms. The van der Waals surface area contributed by atoms with Gasteiger partial charge in [0, 0.05) is 5.56 Å². The van der Waals surface area contributed by atoms with Crippen LogP contribution in [0.2, 0.25) is 19.6 Å². The van der Waals surface area contributed by atoms with E-state index in [9.17, 15) is 4.79 Å². The lowest BCUT2D eigenvalue weighted by Crippen LogP contribution is -2.49. The Balaban J connectivity index is 1.97. The van der Waals surface area contributed by atoms with Crippen LogP contribution in [0.4, 0.5) is 0 Å². The van der Waals surface area contributed by atoms with Crippen molar-refractivity contribution in [2.45, 2.75) is 63.8 Å². The Hall–Kier alpha value is -1.39. The predicted octanol–water partition coefficient (Wildman–Crippen LogP) is 5.38. The zero-order chi connectivity index (χ0) is 18.1. The number of benzene rings is 1. The van der Waals surface area contributed by atoms with E-state index in [1.807, 2.05) is 24.3 Å². The Bertz CT molecular complexity index is 657. The van der Waals surface area contributed by atoms with E-state index < -0.39 is 13.9 Å². The highest BCUT2D eigenvalue weighted by Crippen LogP contribution is 2.43. The standard InChI is InChI=1S/C21H30O3Si/c1-23-19-11-9-17(10-12-19)20(22)21(24-25(2,3)4)14-13-16-7-5-6-8-18(16)15-21/h9-12,15-16H,5-8,13-14H2,1-4H3. The normalized spacial score (nSPS) is 26.6. The number of Topliss-reactive ketones (excluding diaryl/α,β-unsaturated/α-hetero) is 1. The molecule has 0 aliphatic heterocycles. The highest BCUT2D eigenvalue weighted by molar-refractivity contribution is 6.70. The summed E-state index contributed by atoms with van der Waals surface area (Å²) in [5, 5.41) is 0. The molecule has 2 aliphatic carbocycles. The molecule has 2 atom stereocenters. The molecule has 0 heterocycles. The van der Waals surface area contributed by atoms with E-state index in [1.54, 1.807) is 7.11 Å². The van der Waals surface area contributed by atoms with Gasteiger partial charge in [-0.05, 0) is 88.0 Å². The largest absolute Gasteiger partial charge is 0.497 e. The second-order valence-electron chi connectivity index (χ2n) is 8.36. The van der Waals surface area contributed by atoms with Crippen molar-refractivity contribution in [3.63, 3.8) is 0 Å². The Morgan fingerprint density at radius 3 is 2.48 bits per heavy atom. The maximum atomic E-state index is 13.5. The molecule has 0 saturated heterocycles. The summed E-state index contributed by atoms with van der Waals surface area (Å²) in [6.07, 6.45) is 9.03. The zero-order valence-electron chi connectivity index (χ0n) is 15.9. The van der Waals surface area contributed by atoms with Gasteiger partial charge in [-0.3, -0.25) is 4.79 Å². The molecule has 0 amide bonds. The van der Waals surface area contributed by atoms with Gasteiger partial charge in [0.2, 0.25) is 0 Å². The topological polar surface area (TPSA) is 35.5 Å². The molecular formula is C21H30O3Si. The second-order valence-corrected chi connectivity index (χ2v) is 12.8. The van der Waals surface area contributed by atoms with Gasteiger partial charge in [0.25, 0.3) is 0 Å². The minimum absolute atomic E-state index is 0.106. The van der Waals surface area contributed by atoms with Crippen LogP contribution in [-0.2, 0) is 4.43 Å². The van der Waals surface area contributed by atoms with Crippen LogP contribution in [0.5, 0.6) is 5.75 Å². The van der Waals surface area contributed by atoms with Crippen LogP contribution in [0.3, 0.4) is 0 Å². The summed E-state index contributed by atoms with van der Waals surface area (Å²) in [6, 6.07) is 7.44. The summed E-state index contributed by atoms with van der Waals surface area (Å²) >= 11 is 0. The Morgan fingerprint density at radius 1 is 1.12 bits per heavy atom. The van der Waals surface area contributed by atoms with Gasteiger partial charge in [-0.15, -0.1) is 0 Å². The number of allylic oxidation sites excluding steroid dienone is 1. The molecule has 3 rings (SSSR count). The van der Waals surface area contributed by atoms with Crippen molar-refractivity contribution in [2.24, 2.45) is 5.92 Å². The maximum absolute atomic E-state index is 13.5. The van der Waals surface area contributed by atoms with E-state index in [4.69, 9.17) is 9.16 Å². The molecule has 1 aromatic carbocycles. The summed E-state index contributed by atoms with van der Waals surface area (Å²) in [4.78, 5) is 13.5. The van der Waals surface area contributed by atoms with Gasteiger partial charge in [-0.1, -0.05) is 12.0 Å². The van der Waals surface area contributed by atoms with Gasteiger partial charge in [0.05, 0.1) is 7.11 Å². The molecular weight excluding hydrogens is 328 g/mol. The predicted molar refractivity (Wildman–Crippen MR) is 104 cm³/mol. The zero-order valence-corrected chi connectivity index (χ0v) is 16.9. The van der Waals surface area contributed by atoms with Crippen LogP contribution in [0.15, 0.2) is 35.9 Å². The van der Waals surface area contributed by atoms with E-state index in [-0.39, 0.29) is 5.78 Å². The highest BCUT2D eigenvalue weighted by Gasteiger charge is 2.45. The van der Waals surface area contributed by atoms with Crippen molar-refractivity contribution in [3.05, 3.63) is 41.5 Å². The first-order valence-electron chi connectivity index (χ1n) is 9.44. The van der Waals surface area contributed by atoms with Gasteiger partial charge in [-0.2, -0.15) is 0 Å². The van der Waals surface area contributed by atoms with Crippen LogP contribution in [0.25, 0.3) is 0 Å². The fourth-order valence-corrected chi connectivity index (χ4v) is 5.57. The summed E-state index contributed by atoms with van der Waals surface area (Å²) in [5.74, 6) is 1.54. The number of fused-ring (bicyclic) bond motifs is 1. The van der Waals surface area contributed by atoms with Gasteiger partial charge in [-0.25, -0.2) is 0 Å². The Morgan fingerprint density at radius 2 is 1.84 bits per heavy atom. The first kappa shape index (κ1) is 18.4. The van der Waals surface area contributed by atoms with Crippen molar-refractivity contribution in [2.75, 3.05) is 7.11 Å². The van der Waals surface area contributed by atoms with Crippen molar-refractivity contribution in [3.8, 4) is 5.75 Å². The lowest BCUT2D eigenvalue weighted by molar-refractivity contribution is 0.0503. The number of rotatable bonds is 5. The average molecular weight is 359 g/mol. The summed E-state index contributed by atoms with van der Waals surface area (Å²) in [7, 11) is -0.237. The Kier molecular flexibility index (Phi) is 5.21. The maximum Gasteiger partial charge on any atom is 0.197 e. The minimum Gasteiger partial charge on any atom is -0.497 e. The third-order valence-electron chi connectivity index (χ3n) is 5.30. The van der Waals surface area contributed by atoms with E-state index >= 15 is 0 Å². The number of carbonyl (C=O) groups excluding carboxylic acids is 1. The molecule has 1 saturated carbocycles. The SMILES string of the molecule is COc1ccc(C(=O)C2(O[Si](C)(C)C)C=C3CCCCC3CC2)cc1. The molecule has 1 aromatic rings. The molecule has 2 unspecified atom stereocenters. The molecule has 1 fully saturated rings. The van der Waals surface area contributed by atoms with Crippen LogP contribution >= 0.6 is 0 Å². The van der Waals surface area contributed by atoms with Crippen molar-refractivity contribution in [1.29, 1.82) is 0 Å². The monoisotopic (exact) mass is 358 g/mol. The van der Waals surface area contributed by atoms with Crippen LogP contribution in [-0.4, -0.2) is 26.8 Å². The number of carbonyl (C=O) groups is 1. The third kappa shape index (κ3) is 4.06. The summed E-state index contributed by atoms with van der Waals surface area (Å²) in [5.41, 5.74) is 1.39. The number of hydrogen-bond acceptors (Lipinski definition) is 3. The molecule has 0 bridgehead atoms. The quantitative estimate of drug-likeness (QED) is 0.403. The number of methoxy groups -OCH3 is 1. The van der Waals surface area contributed by atoms with E-state index in [2.05, 4.69) is 25.7 Å². The van der Waals surface area contributed by atoms with E-state index in [0.717, 1.165) is 25.0 Å². The molecule has 0 radical (unpaired) electrons. The van der Waals surface area contributed by atoms with Gasteiger partial charge in [0.15, 0.2) is 14.1 Å². The molecule has 25 heavy (non-hydrogen) atoms. The molecule has 0 N–H and O–H groups in total. The molecule has 4 heteroatoms. The first-order chi connectivity index (χ1) is 11.8. The average Bonchev–Trinajstić information content (AvgIpc) is 2.59. The van der Waals surface area contributed by atoms with Crippen molar-refractivity contribution < 1.29 is 14.0 Å². The smallest absolute Gasteiger partial charge is 0.197 e. The minimum atomic E-state index is -1.88. The van der Waals surface area contributed by atoms with Gasteiger partial charge >= 0.3 is 0 Å². The van der Waals surface area contributed by atoms with Crippen LogP contribution in [0, 0.1) is 5.92 Å². The number of ketones is 1. The molecule has 3 nitrogen and oxygen atoms in total. The number of hydrogen-bond donors (Lipinski definition) is 0. The van der Waals surface area contributed by atoms with Crippen molar-refractivity contribution >= 4 is 14.1 Å². The van der Waals surface area contributed by atoms with Crippen LogP contribution in [0.1, 0.15) is 48.9 Å². The van der Waals surface area contributed by atoms with Crippen LogP contribution < -0.4 is 4.74 Å². The fourth-order valence-electron chi connectivity index (χ4n) is 4.23.